The Kier molecular flexibility index (Phi) is 5.31. The molecule has 4 heteroatoms. The predicted molar refractivity (Wildman–Crippen MR) is 76.8 cm³/mol. The van der Waals surface area contributed by atoms with Gasteiger partial charge in [0.05, 0.1) is 12.3 Å². The van der Waals surface area contributed by atoms with Crippen molar-refractivity contribution in [1.82, 2.24) is 9.88 Å². The number of ether oxygens (including phenoxy) is 1. The van der Waals surface area contributed by atoms with Crippen LogP contribution in [0.3, 0.4) is 0 Å². The molecule has 1 aromatic rings. The fraction of sp³-hybridized carbons (Fsp3) is 0.667. The normalized spacial score (nSPS) is 23.8. The Morgan fingerprint density at radius 1 is 1.47 bits per heavy atom. The summed E-state index contributed by atoms with van der Waals surface area (Å²) < 4.78 is 5.54. The minimum absolute atomic E-state index is 0.272. The molecule has 0 saturated carbocycles. The summed E-state index contributed by atoms with van der Waals surface area (Å²) in [6, 6.07) is 6.46. The predicted octanol–water partition coefficient (Wildman–Crippen LogP) is 1.58. The van der Waals surface area contributed by atoms with Crippen LogP contribution in [0, 0.1) is 12.8 Å². The van der Waals surface area contributed by atoms with Crippen LogP contribution in [0.1, 0.15) is 24.7 Å². The largest absolute Gasteiger partial charge is 0.381 e. The van der Waals surface area contributed by atoms with Gasteiger partial charge in [-0.1, -0.05) is 13.0 Å². The lowest BCUT2D eigenvalue weighted by Crippen LogP contribution is -2.45. The van der Waals surface area contributed by atoms with Crippen molar-refractivity contribution in [2.45, 2.75) is 32.9 Å². The van der Waals surface area contributed by atoms with Crippen molar-refractivity contribution in [1.29, 1.82) is 0 Å². The van der Waals surface area contributed by atoms with Crippen molar-refractivity contribution in [3.63, 3.8) is 0 Å². The van der Waals surface area contributed by atoms with E-state index < -0.39 is 0 Å². The van der Waals surface area contributed by atoms with Gasteiger partial charge in [-0.25, -0.2) is 0 Å². The monoisotopic (exact) mass is 263 g/mol. The van der Waals surface area contributed by atoms with Crippen molar-refractivity contribution < 1.29 is 4.74 Å². The lowest BCUT2D eigenvalue weighted by Gasteiger charge is -2.33. The first kappa shape index (κ1) is 14.4. The fourth-order valence-corrected chi connectivity index (χ4v) is 2.56. The van der Waals surface area contributed by atoms with Crippen LogP contribution in [0.25, 0.3) is 0 Å². The summed E-state index contributed by atoms with van der Waals surface area (Å²) in [5, 5.41) is 0. The van der Waals surface area contributed by atoms with Crippen molar-refractivity contribution in [2.75, 3.05) is 26.3 Å². The van der Waals surface area contributed by atoms with E-state index in [1.165, 1.54) is 0 Å². The number of nitrogens with zero attached hydrogens (tertiary/aromatic N) is 2. The highest BCUT2D eigenvalue weighted by molar-refractivity contribution is 5.09. The summed E-state index contributed by atoms with van der Waals surface area (Å²) in [5.74, 6) is 0.443. The molecule has 0 aliphatic carbocycles. The van der Waals surface area contributed by atoms with Crippen molar-refractivity contribution >= 4 is 0 Å². The Balaban J connectivity index is 1.92. The van der Waals surface area contributed by atoms with E-state index in [-0.39, 0.29) is 6.04 Å². The summed E-state index contributed by atoms with van der Waals surface area (Å²) in [7, 11) is 0. The highest BCUT2D eigenvalue weighted by atomic mass is 16.5. The van der Waals surface area contributed by atoms with Crippen molar-refractivity contribution in [2.24, 2.45) is 11.7 Å². The van der Waals surface area contributed by atoms with Crippen LogP contribution in [0.2, 0.25) is 0 Å². The van der Waals surface area contributed by atoms with Gasteiger partial charge in [0.2, 0.25) is 0 Å². The third-order valence-corrected chi connectivity index (χ3v) is 3.80. The van der Waals surface area contributed by atoms with E-state index in [1.807, 2.05) is 13.0 Å². The number of aromatic nitrogens is 1. The zero-order valence-corrected chi connectivity index (χ0v) is 12.0. The molecule has 2 unspecified atom stereocenters. The molecule has 2 N–H and O–H groups in total. The Bertz CT molecular complexity index is 397. The average Bonchev–Trinajstić information content (AvgIpc) is 2.40. The van der Waals surface area contributed by atoms with Gasteiger partial charge in [-0.05, 0) is 32.0 Å². The maximum atomic E-state index is 6.18. The van der Waals surface area contributed by atoms with E-state index in [0.717, 1.165) is 50.7 Å². The molecule has 1 aromatic heterocycles. The quantitative estimate of drug-likeness (QED) is 0.876. The van der Waals surface area contributed by atoms with E-state index >= 15 is 0 Å². The Morgan fingerprint density at radius 2 is 2.32 bits per heavy atom. The molecule has 19 heavy (non-hydrogen) atoms. The lowest BCUT2D eigenvalue weighted by atomic mass is 9.96. The van der Waals surface area contributed by atoms with Gasteiger partial charge in [0.25, 0.3) is 0 Å². The molecule has 2 heterocycles. The smallest absolute Gasteiger partial charge is 0.0547 e. The second kappa shape index (κ2) is 6.98. The highest BCUT2D eigenvalue weighted by Crippen LogP contribution is 2.15. The van der Waals surface area contributed by atoms with E-state index in [4.69, 9.17) is 10.5 Å². The van der Waals surface area contributed by atoms with Crippen LogP contribution in [-0.4, -0.2) is 42.2 Å². The van der Waals surface area contributed by atoms with Gasteiger partial charge in [0.15, 0.2) is 0 Å². The van der Waals surface area contributed by atoms with Crippen LogP contribution < -0.4 is 5.73 Å². The van der Waals surface area contributed by atoms with Gasteiger partial charge in [-0.2, -0.15) is 0 Å². The molecule has 0 aromatic carbocycles. The molecular weight excluding hydrogens is 238 g/mol. The average molecular weight is 263 g/mol. The number of hydrogen-bond donors (Lipinski definition) is 1. The number of hydrogen-bond acceptors (Lipinski definition) is 4. The number of nitrogens with two attached hydrogens (primary N) is 1. The van der Waals surface area contributed by atoms with Gasteiger partial charge in [0, 0.05) is 37.4 Å². The van der Waals surface area contributed by atoms with E-state index in [0.29, 0.717) is 5.92 Å². The molecule has 0 bridgehead atoms. The molecule has 0 radical (unpaired) electrons. The Hall–Kier alpha value is -0.970. The Morgan fingerprint density at radius 3 is 3.00 bits per heavy atom. The molecule has 1 aliphatic rings. The third kappa shape index (κ3) is 4.27. The standard InChI is InChI=1S/C15H25N3O/c1-3-18(9-13-11-19-8-7-15(13)16)10-14-6-4-5-12(2)17-14/h4-6,13,15H,3,7-11,16H2,1-2H3. The number of rotatable bonds is 5. The van der Waals surface area contributed by atoms with Crippen LogP contribution >= 0.6 is 0 Å². The maximum Gasteiger partial charge on any atom is 0.0547 e. The minimum Gasteiger partial charge on any atom is -0.381 e. The molecule has 1 saturated heterocycles. The molecule has 1 aliphatic heterocycles. The van der Waals surface area contributed by atoms with Gasteiger partial charge in [-0.15, -0.1) is 0 Å². The first-order valence-corrected chi connectivity index (χ1v) is 7.17. The van der Waals surface area contributed by atoms with Gasteiger partial charge < -0.3 is 10.5 Å². The summed E-state index contributed by atoms with van der Waals surface area (Å²) in [6.07, 6.45) is 0.977. The lowest BCUT2D eigenvalue weighted by molar-refractivity contribution is 0.0255. The topological polar surface area (TPSA) is 51.4 Å². The molecule has 0 spiro atoms. The second-order valence-corrected chi connectivity index (χ2v) is 5.39. The van der Waals surface area contributed by atoms with Gasteiger partial charge in [0.1, 0.15) is 0 Å². The summed E-state index contributed by atoms with van der Waals surface area (Å²) in [5.41, 5.74) is 8.38. The SMILES string of the molecule is CCN(Cc1cccc(C)n1)CC1COCCC1N. The first-order chi connectivity index (χ1) is 9.19. The second-order valence-electron chi connectivity index (χ2n) is 5.39. The van der Waals surface area contributed by atoms with E-state index in [2.05, 4.69) is 28.9 Å². The van der Waals surface area contributed by atoms with Crippen molar-refractivity contribution in [3.8, 4) is 0 Å². The number of aryl methyl sites for hydroxylation is 1. The molecular formula is C15H25N3O. The molecule has 2 rings (SSSR count). The molecule has 106 valence electrons. The van der Waals surface area contributed by atoms with Crippen LogP contribution in [0.5, 0.6) is 0 Å². The molecule has 2 atom stereocenters. The fourth-order valence-electron chi connectivity index (χ4n) is 2.56. The molecule has 0 amide bonds. The van der Waals surface area contributed by atoms with Gasteiger partial charge >= 0.3 is 0 Å². The summed E-state index contributed by atoms with van der Waals surface area (Å²) in [6.45, 7) is 8.71. The summed E-state index contributed by atoms with van der Waals surface area (Å²) >= 11 is 0. The maximum absolute atomic E-state index is 6.18. The van der Waals surface area contributed by atoms with Gasteiger partial charge in [-0.3, -0.25) is 9.88 Å². The zero-order valence-electron chi connectivity index (χ0n) is 12.0. The Labute approximate surface area is 116 Å². The van der Waals surface area contributed by atoms with Crippen LogP contribution in [0.4, 0.5) is 0 Å². The molecule has 1 fully saturated rings. The number of pyridine rings is 1. The van der Waals surface area contributed by atoms with Crippen LogP contribution in [0.15, 0.2) is 18.2 Å². The zero-order chi connectivity index (χ0) is 13.7. The first-order valence-electron chi connectivity index (χ1n) is 7.17. The van der Waals surface area contributed by atoms with Crippen LogP contribution in [-0.2, 0) is 11.3 Å². The third-order valence-electron chi connectivity index (χ3n) is 3.80. The van der Waals surface area contributed by atoms with E-state index in [1.54, 1.807) is 0 Å². The minimum atomic E-state index is 0.272. The molecule has 4 nitrogen and oxygen atoms in total. The van der Waals surface area contributed by atoms with E-state index in [9.17, 15) is 0 Å². The van der Waals surface area contributed by atoms with Crippen molar-refractivity contribution in [3.05, 3.63) is 29.6 Å². The highest BCUT2D eigenvalue weighted by Gasteiger charge is 2.24. The summed E-state index contributed by atoms with van der Waals surface area (Å²) in [4.78, 5) is 6.97.